The molecule has 0 spiro atoms. The van der Waals surface area contributed by atoms with Crippen LogP contribution < -0.4 is 24.8 Å². The second-order valence-electron chi connectivity index (χ2n) is 7.78. The van der Waals surface area contributed by atoms with Crippen LogP contribution >= 0.6 is 0 Å². The van der Waals surface area contributed by atoms with E-state index in [1.807, 2.05) is 0 Å². The zero-order valence-corrected chi connectivity index (χ0v) is 22.5. The number of hydrogen-bond acceptors (Lipinski definition) is 0. The van der Waals surface area contributed by atoms with Crippen LogP contribution in [0.4, 0.5) is 0 Å². The third-order valence-electron chi connectivity index (χ3n) is 5.27. The van der Waals surface area contributed by atoms with Crippen LogP contribution in [0.1, 0.15) is 59.3 Å². The summed E-state index contributed by atoms with van der Waals surface area (Å²) in [5, 5.41) is 0. The van der Waals surface area contributed by atoms with Gasteiger partial charge in [0.2, 0.25) is 0 Å². The van der Waals surface area contributed by atoms with Gasteiger partial charge in [0.15, 0.2) is 0 Å². The predicted octanol–water partition coefficient (Wildman–Crippen LogP) is 1.41. The van der Waals surface area contributed by atoms with E-state index in [-0.39, 0.29) is 53.1 Å². The Kier molecular flexibility index (Phi) is 11.6. The first kappa shape index (κ1) is 25.9. The molecule has 0 saturated heterocycles. The second-order valence-corrected chi connectivity index (χ2v) is 21.0. The molecule has 0 bridgehead atoms. The van der Waals surface area contributed by atoms with Gasteiger partial charge in [0.05, 0.1) is 0 Å². The molecule has 0 N–H and O–H groups in total. The minimum atomic E-state index is -0.358. The van der Waals surface area contributed by atoms with Crippen molar-refractivity contribution in [3.8, 4) is 11.1 Å². The summed E-state index contributed by atoms with van der Waals surface area (Å²) in [7, 11) is 0. The molecule has 0 fully saturated rings. The Morgan fingerprint density at radius 3 is 2.29 bits per heavy atom. The molecule has 1 unspecified atom stereocenters. The van der Waals surface area contributed by atoms with Gasteiger partial charge in [0.25, 0.3) is 0 Å². The number of fused-ring (bicyclic) bond motifs is 1. The van der Waals surface area contributed by atoms with Crippen LogP contribution in [0.25, 0.3) is 17.2 Å². The topological polar surface area (TPSA) is 0 Å². The fourth-order valence-electron chi connectivity index (χ4n) is 3.88. The van der Waals surface area contributed by atoms with Crippen molar-refractivity contribution in [2.24, 2.45) is 0 Å². The number of halogens is 2. The summed E-state index contributed by atoms with van der Waals surface area (Å²) in [5.74, 6) is -0.0793. The van der Waals surface area contributed by atoms with Gasteiger partial charge >= 0.3 is 173 Å². The normalized spacial score (nSPS) is 14.6. The molecule has 0 heterocycles. The number of hydrogen-bond donors (Lipinski definition) is 0. The fraction of sp³-hybridized carbons (Fsp3) is 0.417. The Morgan fingerprint density at radius 1 is 0.929 bits per heavy atom. The summed E-state index contributed by atoms with van der Waals surface area (Å²) in [4.78, 5) is 0. The molecule has 0 amide bonds. The van der Waals surface area contributed by atoms with Crippen molar-refractivity contribution < 1.29 is 47.2 Å². The molecule has 1 radical (unpaired) electrons. The Morgan fingerprint density at radius 2 is 1.64 bits per heavy atom. The minimum Gasteiger partial charge on any atom is -1.00 e. The smallest absolute Gasteiger partial charge is 1.00 e. The minimum absolute atomic E-state index is 0. The van der Waals surface area contributed by atoms with Gasteiger partial charge in [-0.3, -0.25) is 0 Å². The molecular weight excluding hydrogens is 478 g/mol. The number of aryl methyl sites for hydroxylation is 1. The van der Waals surface area contributed by atoms with Gasteiger partial charge in [0, 0.05) is 0 Å². The summed E-state index contributed by atoms with van der Waals surface area (Å²) < 4.78 is 0.838. The average molecular weight is 510 g/mol. The summed E-state index contributed by atoms with van der Waals surface area (Å²) in [6, 6.07) is 16.1. The van der Waals surface area contributed by atoms with E-state index < -0.39 is 0 Å². The molecule has 0 saturated carbocycles. The molecule has 2 aromatic carbocycles. The maximum absolute atomic E-state index is 2.59. The van der Waals surface area contributed by atoms with Gasteiger partial charge in [0.1, 0.15) is 0 Å². The summed E-state index contributed by atoms with van der Waals surface area (Å²) >= 11 is -0.358. The Labute approximate surface area is 196 Å². The molecule has 2 aromatic rings. The zero-order valence-electron chi connectivity index (χ0n) is 17.5. The SMILES string of the molecule is CCCCCCC1=Cc2c(-c3ccc(C)cc3)cccc2[CH]1[Zr+2][Si](C)C.[Cl-].[Cl-]. The van der Waals surface area contributed by atoms with E-state index in [9.17, 15) is 0 Å². The third-order valence-corrected chi connectivity index (χ3v) is 14.2. The van der Waals surface area contributed by atoms with Crippen molar-refractivity contribution in [1.29, 1.82) is 0 Å². The van der Waals surface area contributed by atoms with Crippen molar-refractivity contribution in [3.63, 3.8) is 0 Å². The summed E-state index contributed by atoms with van der Waals surface area (Å²) in [5.41, 5.74) is 9.12. The maximum Gasteiger partial charge on any atom is -1.00 e. The molecule has 0 aliphatic heterocycles. The third kappa shape index (κ3) is 6.43. The first-order valence-electron chi connectivity index (χ1n) is 10.1. The number of rotatable bonds is 8. The molecule has 3 rings (SSSR count). The molecule has 1 atom stereocenters. The van der Waals surface area contributed by atoms with Gasteiger partial charge in [-0.1, -0.05) is 0 Å². The number of benzene rings is 2. The molecule has 0 aromatic heterocycles. The van der Waals surface area contributed by atoms with Crippen LogP contribution in [0.5, 0.6) is 0 Å². The van der Waals surface area contributed by atoms with E-state index in [4.69, 9.17) is 0 Å². The Hall–Kier alpha value is -0.140. The fourth-order valence-corrected chi connectivity index (χ4v) is 12.7. The molecule has 1 aliphatic rings. The summed E-state index contributed by atoms with van der Waals surface area (Å²) in [6.07, 6.45) is 9.39. The van der Waals surface area contributed by atoms with E-state index >= 15 is 0 Å². The van der Waals surface area contributed by atoms with Gasteiger partial charge in [-0.15, -0.1) is 0 Å². The predicted molar refractivity (Wildman–Crippen MR) is 114 cm³/mol. The first-order valence-corrected chi connectivity index (χ1v) is 17.7. The molecule has 149 valence electrons. The largest absolute Gasteiger partial charge is 1.00 e. The van der Waals surface area contributed by atoms with Crippen LogP contribution in [-0.2, 0) is 22.4 Å². The molecular formula is C24H31Cl2SiZr. The molecule has 0 nitrogen and oxygen atoms in total. The van der Waals surface area contributed by atoms with E-state index in [1.54, 1.807) is 11.1 Å². The van der Waals surface area contributed by atoms with Gasteiger partial charge in [-0.05, 0) is 0 Å². The van der Waals surface area contributed by atoms with E-state index in [2.05, 4.69) is 75.5 Å². The van der Waals surface area contributed by atoms with E-state index in [1.165, 1.54) is 54.4 Å². The van der Waals surface area contributed by atoms with Gasteiger partial charge < -0.3 is 24.8 Å². The number of unbranched alkanes of at least 4 members (excludes halogenated alkanes) is 3. The monoisotopic (exact) mass is 507 g/mol. The Balaban J connectivity index is 0.00000196. The molecule has 1 aliphatic carbocycles. The van der Waals surface area contributed by atoms with Gasteiger partial charge in [-0.25, -0.2) is 0 Å². The van der Waals surface area contributed by atoms with Crippen molar-refractivity contribution in [3.05, 3.63) is 64.7 Å². The van der Waals surface area contributed by atoms with Crippen molar-refractivity contribution >= 4 is 12.0 Å². The van der Waals surface area contributed by atoms with Gasteiger partial charge in [-0.2, -0.15) is 0 Å². The van der Waals surface area contributed by atoms with Crippen LogP contribution in [-0.4, -0.2) is 5.92 Å². The van der Waals surface area contributed by atoms with Crippen molar-refractivity contribution in [2.45, 2.75) is 62.7 Å². The van der Waals surface area contributed by atoms with Crippen LogP contribution in [0.15, 0.2) is 48.0 Å². The van der Waals surface area contributed by atoms with E-state index in [0.29, 0.717) is 0 Å². The quantitative estimate of drug-likeness (QED) is 0.373. The summed E-state index contributed by atoms with van der Waals surface area (Å²) in [6.45, 7) is 9.54. The zero-order chi connectivity index (χ0) is 18.5. The number of allylic oxidation sites excluding steroid dienone is 1. The van der Waals surface area contributed by atoms with Crippen LogP contribution in [0, 0.1) is 6.92 Å². The van der Waals surface area contributed by atoms with Crippen molar-refractivity contribution in [1.82, 2.24) is 0 Å². The molecule has 4 heteroatoms. The molecule has 28 heavy (non-hydrogen) atoms. The standard InChI is InChI=1S/C22H25.C2H6Si.2ClH.Zr/c1-3-4-5-6-8-18-15-20-9-7-10-21(22(20)16-18)19-13-11-17(2)12-14-19;1-3-2;;;/h7,9-16H,3-6,8H2,1-2H3;1-2H3;2*1H;/q;;;;+2/p-2. The maximum atomic E-state index is 2.59. The first-order chi connectivity index (χ1) is 12.6. The average Bonchev–Trinajstić information content (AvgIpc) is 2.97. The van der Waals surface area contributed by atoms with E-state index in [0.717, 1.165) is 3.63 Å². The van der Waals surface area contributed by atoms with Crippen LogP contribution in [0.2, 0.25) is 13.1 Å². The van der Waals surface area contributed by atoms with Crippen molar-refractivity contribution in [2.75, 3.05) is 0 Å². The van der Waals surface area contributed by atoms with Crippen LogP contribution in [0.3, 0.4) is 0 Å². The Bertz CT molecular complexity index is 769. The second kappa shape index (κ2) is 12.5.